The smallest absolute Gasteiger partial charge is 0.351 e. The van der Waals surface area contributed by atoms with Gasteiger partial charge >= 0.3 is 12.1 Å². The van der Waals surface area contributed by atoms with Crippen LogP contribution in [0.3, 0.4) is 0 Å². The lowest BCUT2D eigenvalue weighted by Crippen LogP contribution is -2.60. The maximum Gasteiger partial charge on any atom is 0.471 e. The molecule has 214 valence electrons. The van der Waals surface area contributed by atoms with E-state index in [1.54, 1.807) is 20.8 Å². The minimum absolute atomic E-state index is 0.114. The van der Waals surface area contributed by atoms with Crippen molar-refractivity contribution < 1.29 is 32.3 Å². The van der Waals surface area contributed by atoms with Gasteiger partial charge in [-0.05, 0) is 56.5 Å². The fourth-order valence-electron chi connectivity index (χ4n) is 5.62. The molecule has 13 heteroatoms. The quantitative estimate of drug-likeness (QED) is 0.458. The highest BCUT2D eigenvalue weighted by Gasteiger charge is 2.51. The summed E-state index contributed by atoms with van der Waals surface area (Å²) in [7, 11) is -1.38. The number of nitrogens with zero attached hydrogens (tertiary/aromatic N) is 2. The zero-order chi connectivity index (χ0) is 28.7. The van der Waals surface area contributed by atoms with E-state index in [1.165, 1.54) is 4.90 Å². The number of hydrogen-bond acceptors (Lipinski definition) is 5. The number of carbonyl (C=O) groups excluding carboxylic acids is 4. The first-order chi connectivity index (χ1) is 17.4. The number of amides is 4. The molecule has 1 spiro atoms. The fourth-order valence-corrected chi connectivity index (χ4v) is 10.1. The summed E-state index contributed by atoms with van der Waals surface area (Å²) >= 11 is 0. The fraction of sp³-hybridized carbons (Fsp3) is 0.800. The van der Waals surface area contributed by atoms with Crippen LogP contribution in [0.2, 0.25) is 0 Å². The molecular formula is C25H38F3N5O4S. The standard InChI is InChI=1S/C25H38F3N5O4S/c1-23(2,3)18(31-22(37)25(26,27)28)21(36)33-14-38(8-6-7-9-38)13-17(33)20(35)30-16(12-29)10-15-11-24(4,5)32-19(15)34/h15-18H,6-11,13-14H2,1-5H3,(H,30,35)(H,31,37)(H,32,34). The predicted octanol–water partition coefficient (Wildman–Crippen LogP) is 2.16. The minimum Gasteiger partial charge on any atom is -0.351 e. The van der Waals surface area contributed by atoms with Gasteiger partial charge in [-0.25, -0.2) is 10.0 Å². The molecule has 38 heavy (non-hydrogen) atoms. The van der Waals surface area contributed by atoms with Crippen LogP contribution in [0, 0.1) is 22.7 Å². The van der Waals surface area contributed by atoms with Crippen LogP contribution >= 0.6 is 10.0 Å². The van der Waals surface area contributed by atoms with Gasteiger partial charge in [0.1, 0.15) is 18.1 Å². The van der Waals surface area contributed by atoms with Gasteiger partial charge in [0.05, 0.1) is 11.9 Å². The highest BCUT2D eigenvalue weighted by atomic mass is 32.3. The Bertz CT molecular complexity index is 1010. The number of nitrogens with one attached hydrogen (secondary N) is 3. The first-order valence-electron chi connectivity index (χ1n) is 12.8. The van der Waals surface area contributed by atoms with Crippen LogP contribution in [-0.4, -0.2) is 81.5 Å². The summed E-state index contributed by atoms with van der Waals surface area (Å²) in [6.07, 6.45) is -2.64. The molecule has 0 radical (unpaired) electrons. The van der Waals surface area contributed by atoms with Crippen LogP contribution in [0.4, 0.5) is 13.2 Å². The molecule has 3 rings (SSSR count). The molecule has 0 aromatic heterocycles. The number of nitriles is 1. The summed E-state index contributed by atoms with van der Waals surface area (Å²) < 4.78 is 39.2. The molecule has 4 atom stereocenters. The molecular weight excluding hydrogens is 523 g/mol. The average Bonchev–Trinajstić information content (AvgIpc) is 3.47. The molecule has 0 aliphatic carbocycles. The van der Waals surface area contributed by atoms with Crippen molar-refractivity contribution in [1.29, 1.82) is 5.26 Å². The number of halogens is 3. The van der Waals surface area contributed by atoms with Crippen molar-refractivity contribution >= 4 is 33.7 Å². The van der Waals surface area contributed by atoms with Crippen molar-refractivity contribution in [1.82, 2.24) is 20.9 Å². The van der Waals surface area contributed by atoms with Gasteiger partial charge in [-0.3, -0.25) is 19.2 Å². The third-order valence-corrected chi connectivity index (χ3v) is 11.7. The van der Waals surface area contributed by atoms with Crippen LogP contribution in [0.1, 0.15) is 60.3 Å². The van der Waals surface area contributed by atoms with Gasteiger partial charge in [0.15, 0.2) is 0 Å². The van der Waals surface area contributed by atoms with E-state index in [0.717, 1.165) is 24.3 Å². The normalized spacial score (nSPS) is 26.8. The van der Waals surface area contributed by atoms with Crippen LogP contribution in [0.15, 0.2) is 0 Å². The van der Waals surface area contributed by atoms with Gasteiger partial charge in [0.2, 0.25) is 17.7 Å². The average molecular weight is 562 g/mol. The zero-order valence-electron chi connectivity index (χ0n) is 22.5. The van der Waals surface area contributed by atoms with Gasteiger partial charge in [-0.2, -0.15) is 18.4 Å². The monoisotopic (exact) mass is 561 g/mol. The van der Waals surface area contributed by atoms with Gasteiger partial charge in [-0.1, -0.05) is 20.8 Å². The van der Waals surface area contributed by atoms with Crippen molar-refractivity contribution in [2.75, 3.05) is 23.1 Å². The zero-order valence-corrected chi connectivity index (χ0v) is 23.4. The van der Waals surface area contributed by atoms with E-state index in [-0.39, 0.29) is 18.2 Å². The van der Waals surface area contributed by atoms with Gasteiger partial charge in [0.25, 0.3) is 0 Å². The Morgan fingerprint density at radius 1 is 1.18 bits per heavy atom. The lowest BCUT2D eigenvalue weighted by Gasteiger charge is -2.36. The Hall–Kier alpha value is -2.49. The SMILES string of the molecule is CC1(C)CC(CC(C#N)NC(=O)C2CS3(CCCC3)CN2C(=O)C(NC(=O)C(F)(F)F)C(C)(C)C)C(=O)N1. The summed E-state index contributed by atoms with van der Waals surface area (Å²) in [5.74, 6) is -1.76. The first-order valence-corrected chi connectivity index (χ1v) is 15.1. The van der Waals surface area contributed by atoms with Crippen LogP contribution in [0.25, 0.3) is 0 Å². The summed E-state index contributed by atoms with van der Waals surface area (Å²) in [5, 5.41) is 17.1. The minimum atomic E-state index is -5.16. The van der Waals surface area contributed by atoms with Crippen LogP contribution < -0.4 is 16.0 Å². The van der Waals surface area contributed by atoms with Crippen molar-refractivity contribution in [2.24, 2.45) is 11.3 Å². The topological polar surface area (TPSA) is 131 Å². The Labute approximate surface area is 222 Å². The molecule has 3 fully saturated rings. The van der Waals surface area contributed by atoms with E-state index >= 15 is 0 Å². The van der Waals surface area contributed by atoms with Crippen LogP contribution in [0.5, 0.6) is 0 Å². The molecule has 0 bridgehead atoms. The second-order valence-corrected chi connectivity index (χ2v) is 16.3. The van der Waals surface area contributed by atoms with E-state index in [0.29, 0.717) is 12.2 Å². The molecule has 4 unspecified atom stereocenters. The van der Waals surface area contributed by atoms with E-state index in [9.17, 15) is 37.6 Å². The Morgan fingerprint density at radius 3 is 2.26 bits per heavy atom. The highest BCUT2D eigenvalue weighted by molar-refractivity contribution is 8.34. The van der Waals surface area contributed by atoms with Gasteiger partial charge in [0, 0.05) is 17.2 Å². The second kappa shape index (κ2) is 10.6. The molecule has 9 nitrogen and oxygen atoms in total. The van der Waals surface area contributed by atoms with Crippen molar-refractivity contribution in [3.05, 3.63) is 0 Å². The Morgan fingerprint density at radius 2 is 1.79 bits per heavy atom. The lowest BCUT2D eigenvalue weighted by atomic mass is 9.85. The molecule has 0 aromatic rings. The first kappa shape index (κ1) is 30.1. The second-order valence-electron chi connectivity index (χ2n) is 12.4. The molecule has 3 heterocycles. The van der Waals surface area contributed by atoms with Crippen molar-refractivity contribution in [3.63, 3.8) is 0 Å². The third-order valence-electron chi connectivity index (χ3n) is 7.52. The summed E-state index contributed by atoms with van der Waals surface area (Å²) in [4.78, 5) is 52.6. The van der Waals surface area contributed by atoms with Gasteiger partial charge < -0.3 is 20.9 Å². The maximum absolute atomic E-state index is 13.7. The summed E-state index contributed by atoms with van der Waals surface area (Å²) in [6.45, 7) is 8.40. The Balaban J connectivity index is 1.82. The number of carbonyl (C=O) groups is 4. The highest BCUT2D eigenvalue weighted by Crippen LogP contribution is 2.59. The van der Waals surface area contributed by atoms with E-state index in [2.05, 4.69) is 10.6 Å². The molecule has 3 saturated heterocycles. The predicted molar refractivity (Wildman–Crippen MR) is 137 cm³/mol. The summed E-state index contributed by atoms with van der Waals surface area (Å²) in [5.41, 5.74) is -1.47. The summed E-state index contributed by atoms with van der Waals surface area (Å²) in [6, 6.07) is -1.40. The lowest BCUT2D eigenvalue weighted by molar-refractivity contribution is -0.176. The van der Waals surface area contributed by atoms with Crippen molar-refractivity contribution in [2.45, 2.75) is 90.1 Å². The third kappa shape index (κ3) is 6.74. The number of hydrogen-bond donors (Lipinski definition) is 3. The van der Waals surface area contributed by atoms with Crippen LogP contribution in [-0.2, 0) is 19.2 Å². The molecule has 3 N–H and O–H groups in total. The largest absolute Gasteiger partial charge is 0.471 e. The molecule has 4 amide bonds. The van der Waals surface area contributed by atoms with E-state index < -0.39 is 68.9 Å². The number of rotatable bonds is 6. The molecule has 0 aromatic carbocycles. The Kier molecular flexibility index (Phi) is 8.37. The maximum atomic E-state index is 13.7. The number of alkyl halides is 3. The van der Waals surface area contributed by atoms with E-state index in [1.807, 2.05) is 25.2 Å². The van der Waals surface area contributed by atoms with Crippen molar-refractivity contribution in [3.8, 4) is 6.07 Å². The molecule has 3 aliphatic heterocycles. The van der Waals surface area contributed by atoms with Gasteiger partial charge in [-0.15, -0.1) is 0 Å². The molecule has 0 saturated carbocycles. The molecule has 3 aliphatic rings. The van der Waals surface area contributed by atoms with E-state index in [4.69, 9.17) is 0 Å².